The topological polar surface area (TPSA) is 0 Å². The Bertz CT molecular complexity index is 390. The van der Waals surface area contributed by atoms with Crippen molar-refractivity contribution >= 4 is 0 Å². The third kappa shape index (κ3) is 1.45. The lowest BCUT2D eigenvalue weighted by atomic mass is 9.58. The molecule has 0 aliphatic heterocycles. The number of hydrogen-bond acceptors (Lipinski definition) is 0. The van der Waals surface area contributed by atoms with Crippen molar-refractivity contribution in [2.24, 2.45) is 59.2 Å². The van der Waals surface area contributed by atoms with Crippen LogP contribution >= 0.6 is 0 Å². The quantitative estimate of drug-likeness (QED) is 0.572. The van der Waals surface area contributed by atoms with Crippen LogP contribution in [0.15, 0.2) is 0 Å². The van der Waals surface area contributed by atoms with Crippen LogP contribution in [0.3, 0.4) is 0 Å². The van der Waals surface area contributed by atoms with E-state index in [9.17, 15) is 0 Å². The molecule has 7 fully saturated rings. The van der Waals surface area contributed by atoms with E-state index in [1.165, 1.54) is 47.3 Å². The summed E-state index contributed by atoms with van der Waals surface area (Å²) in [5, 5.41) is 0. The van der Waals surface area contributed by atoms with E-state index >= 15 is 0 Å². The van der Waals surface area contributed by atoms with Gasteiger partial charge in [0.15, 0.2) is 0 Å². The van der Waals surface area contributed by atoms with Crippen molar-refractivity contribution < 1.29 is 0 Å². The van der Waals surface area contributed by atoms with Gasteiger partial charge in [-0.1, -0.05) is 0 Å². The van der Waals surface area contributed by atoms with Gasteiger partial charge >= 0.3 is 0 Å². The molecule has 7 aliphatic carbocycles. The van der Waals surface area contributed by atoms with Crippen molar-refractivity contribution in [1.29, 1.82) is 0 Å². The Balaban J connectivity index is 1.56. The fraction of sp³-hybridized carbons (Fsp3) is 1.00. The molecule has 7 aliphatic rings. The molecular weight excluding hydrogens is 240 g/mol. The van der Waals surface area contributed by atoms with Crippen LogP contribution in [0.1, 0.15) is 64.2 Å². The normalized spacial score (nSPS) is 66.0. The molecule has 8 unspecified atom stereocenters. The first-order valence-electron chi connectivity index (χ1n) is 9.83. The van der Waals surface area contributed by atoms with Crippen molar-refractivity contribution in [1.82, 2.24) is 0 Å². The minimum atomic E-state index is 1.15. The van der Waals surface area contributed by atoms with Gasteiger partial charge in [-0.2, -0.15) is 0 Å². The van der Waals surface area contributed by atoms with Gasteiger partial charge in [-0.15, -0.1) is 0 Å². The summed E-state index contributed by atoms with van der Waals surface area (Å²) in [7, 11) is 0. The van der Waals surface area contributed by atoms with Gasteiger partial charge in [0.2, 0.25) is 0 Å². The predicted molar refractivity (Wildman–Crippen MR) is 81.1 cm³/mol. The molecule has 20 heavy (non-hydrogen) atoms. The maximum absolute atomic E-state index is 1.68. The molecule has 10 bridgehead atoms. The first kappa shape index (κ1) is 11.6. The van der Waals surface area contributed by atoms with Crippen LogP contribution in [0.4, 0.5) is 0 Å². The van der Waals surface area contributed by atoms with Gasteiger partial charge in [0.1, 0.15) is 0 Å². The van der Waals surface area contributed by atoms with Crippen molar-refractivity contribution in [3.63, 3.8) is 0 Å². The summed E-state index contributed by atoms with van der Waals surface area (Å²) in [4.78, 5) is 0. The van der Waals surface area contributed by atoms with E-state index < -0.39 is 0 Å². The lowest BCUT2D eigenvalue weighted by Crippen LogP contribution is -2.38. The average Bonchev–Trinajstić information content (AvgIpc) is 2.62. The van der Waals surface area contributed by atoms with Crippen LogP contribution in [0.2, 0.25) is 0 Å². The van der Waals surface area contributed by atoms with E-state index in [-0.39, 0.29) is 0 Å². The highest BCUT2D eigenvalue weighted by Crippen LogP contribution is 2.64. The second-order valence-electron chi connectivity index (χ2n) is 9.98. The standard InChI is InChI=1S/C20H30/c1-11-2-13-7-17-4-12(1)5-18-8-14(3-11)16-6-15(13)9-19(17)20(18)10-16/h11-20H,1-10H2. The molecule has 0 aromatic carbocycles. The Labute approximate surface area is 124 Å². The summed E-state index contributed by atoms with van der Waals surface area (Å²) in [5.74, 6) is 11.7. The van der Waals surface area contributed by atoms with Crippen molar-refractivity contribution in [2.45, 2.75) is 64.2 Å². The van der Waals surface area contributed by atoms with Crippen LogP contribution in [-0.2, 0) is 0 Å². The minimum Gasteiger partial charge on any atom is -0.0475 e. The van der Waals surface area contributed by atoms with Gasteiger partial charge in [-0.25, -0.2) is 0 Å². The largest absolute Gasteiger partial charge is 0.0475 e. The Morgan fingerprint density at radius 2 is 0.700 bits per heavy atom. The third-order valence-corrected chi connectivity index (χ3v) is 9.27. The fourth-order valence-corrected chi connectivity index (χ4v) is 8.88. The molecule has 0 radical (unpaired) electrons. The zero-order valence-electron chi connectivity index (χ0n) is 12.8. The van der Waals surface area contributed by atoms with E-state index in [1.807, 2.05) is 0 Å². The molecule has 0 heterocycles. The van der Waals surface area contributed by atoms with E-state index in [0.29, 0.717) is 0 Å². The lowest BCUT2D eigenvalue weighted by molar-refractivity contribution is 0.0277. The molecular formula is C20H30. The maximum atomic E-state index is 1.68. The first-order chi connectivity index (χ1) is 9.83. The summed E-state index contributed by atoms with van der Waals surface area (Å²) >= 11 is 0. The van der Waals surface area contributed by atoms with Crippen LogP contribution in [0, 0.1) is 59.2 Å². The Hall–Kier alpha value is 0. The molecule has 110 valence electrons. The predicted octanol–water partition coefficient (Wildman–Crippen LogP) is 5.13. The van der Waals surface area contributed by atoms with E-state index in [4.69, 9.17) is 0 Å². The van der Waals surface area contributed by atoms with Gasteiger partial charge in [0.05, 0.1) is 0 Å². The van der Waals surface area contributed by atoms with Crippen LogP contribution in [-0.4, -0.2) is 0 Å². The van der Waals surface area contributed by atoms with E-state index in [0.717, 1.165) is 11.8 Å². The molecule has 0 aromatic heterocycles. The number of hydrogen-bond donors (Lipinski definition) is 0. The summed E-state index contributed by atoms with van der Waals surface area (Å²) in [5.41, 5.74) is 0. The highest BCUT2D eigenvalue weighted by molar-refractivity contribution is 5.05. The highest BCUT2D eigenvalue weighted by atomic mass is 14.6. The molecule has 0 saturated heterocycles. The highest BCUT2D eigenvalue weighted by Gasteiger charge is 2.55. The molecule has 0 heteroatoms. The minimum absolute atomic E-state index is 1.15. The number of rotatable bonds is 0. The van der Waals surface area contributed by atoms with Crippen molar-refractivity contribution in [3.8, 4) is 0 Å². The van der Waals surface area contributed by atoms with Gasteiger partial charge in [-0.05, 0) is 123 Å². The summed E-state index contributed by atoms with van der Waals surface area (Å²) < 4.78 is 0. The first-order valence-corrected chi connectivity index (χ1v) is 9.83. The van der Waals surface area contributed by atoms with Crippen molar-refractivity contribution in [2.75, 3.05) is 0 Å². The van der Waals surface area contributed by atoms with Gasteiger partial charge in [0.25, 0.3) is 0 Å². The van der Waals surface area contributed by atoms with Crippen LogP contribution < -0.4 is 0 Å². The molecule has 0 aromatic rings. The molecule has 0 spiro atoms. The zero-order chi connectivity index (χ0) is 12.8. The van der Waals surface area contributed by atoms with E-state index in [1.54, 1.807) is 64.2 Å². The summed E-state index contributed by atoms with van der Waals surface area (Å²) in [6, 6.07) is 0. The van der Waals surface area contributed by atoms with Gasteiger partial charge < -0.3 is 0 Å². The SMILES string of the molecule is C1C2CC3CC4CC1CC1CC(C2)C2CC3CC4C1C2. The Morgan fingerprint density at radius 3 is 1.25 bits per heavy atom. The molecule has 7 rings (SSSR count). The molecule has 8 atom stereocenters. The molecule has 0 nitrogen and oxygen atoms in total. The van der Waals surface area contributed by atoms with E-state index in [2.05, 4.69) is 0 Å². The molecule has 0 N–H and O–H groups in total. The maximum Gasteiger partial charge on any atom is -0.0352 e. The zero-order valence-corrected chi connectivity index (χ0v) is 12.8. The van der Waals surface area contributed by atoms with Crippen molar-refractivity contribution in [3.05, 3.63) is 0 Å². The average molecular weight is 270 g/mol. The third-order valence-electron chi connectivity index (χ3n) is 9.27. The molecule has 0 amide bonds. The van der Waals surface area contributed by atoms with Gasteiger partial charge in [-0.3, -0.25) is 0 Å². The van der Waals surface area contributed by atoms with Crippen LogP contribution in [0.5, 0.6) is 0 Å². The Morgan fingerprint density at radius 1 is 0.300 bits per heavy atom. The smallest absolute Gasteiger partial charge is 0.0352 e. The second-order valence-corrected chi connectivity index (χ2v) is 9.98. The summed E-state index contributed by atoms with van der Waals surface area (Å²) in [6.45, 7) is 0. The monoisotopic (exact) mass is 270 g/mol. The Kier molecular flexibility index (Phi) is 2.22. The van der Waals surface area contributed by atoms with Crippen LogP contribution in [0.25, 0.3) is 0 Å². The van der Waals surface area contributed by atoms with Gasteiger partial charge in [0, 0.05) is 0 Å². The molecule has 7 saturated carbocycles. The summed E-state index contributed by atoms with van der Waals surface area (Å²) in [6.07, 6.45) is 16.6. The fourth-order valence-electron chi connectivity index (χ4n) is 8.88. The lowest BCUT2D eigenvalue weighted by Gasteiger charge is -2.48. The second kappa shape index (κ2) is 3.85.